The minimum absolute atomic E-state index is 0.136. The molecule has 2 aromatic heterocycles. The van der Waals surface area contributed by atoms with E-state index in [9.17, 15) is 23.1 Å². The maximum Gasteiger partial charge on any atom is 0.425 e. The molecule has 1 unspecified atom stereocenters. The van der Waals surface area contributed by atoms with Gasteiger partial charge in [-0.2, -0.15) is 13.2 Å². The van der Waals surface area contributed by atoms with Crippen LogP contribution in [0.4, 0.5) is 18.3 Å². The normalized spacial score (nSPS) is 13.9. The number of amides is 1. The van der Waals surface area contributed by atoms with Crippen LogP contribution in [0.25, 0.3) is 0 Å². The van der Waals surface area contributed by atoms with Crippen molar-refractivity contribution >= 4 is 34.0 Å². The number of imidazole rings is 1. The highest BCUT2D eigenvalue weighted by atomic mass is 35.5. The van der Waals surface area contributed by atoms with Crippen molar-refractivity contribution in [3.63, 3.8) is 0 Å². The Morgan fingerprint density at radius 1 is 1.34 bits per heavy atom. The zero-order chi connectivity index (χ0) is 21.2. The first-order valence-corrected chi connectivity index (χ1v) is 9.54. The monoisotopic (exact) mass is 444 g/mol. The molecule has 3 rings (SSSR count). The molecule has 0 saturated heterocycles. The number of nitrogens with one attached hydrogen (secondary N) is 1. The number of aromatic nitrogens is 3. The van der Waals surface area contributed by atoms with E-state index in [-0.39, 0.29) is 5.13 Å². The lowest BCUT2D eigenvalue weighted by molar-refractivity contribution is -0.270. The van der Waals surface area contributed by atoms with Crippen LogP contribution in [0.2, 0.25) is 5.02 Å². The second-order valence-electron chi connectivity index (χ2n) is 6.38. The van der Waals surface area contributed by atoms with E-state index in [1.54, 1.807) is 18.2 Å². The van der Waals surface area contributed by atoms with Crippen LogP contribution in [0, 0.1) is 0 Å². The number of aryl methyl sites for hydroxylation is 1. The van der Waals surface area contributed by atoms with Gasteiger partial charge >= 0.3 is 6.18 Å². The number of aliphatic hydroxyl groups is 1. The number of rotatable bonds is 6. The van der Waals surface area contributed by atoms with Crippen molar-refractivity contribution < 1.29 is 23.1 Å². The average Bonchev–Trinajstić information content (AvgIpc) is 3.22. The molecule has 11 heteroatoms. The number of anilines is 1. The van der Waals surface area contributed by atoms with E-state index in [2.05, 4.69) is 15.3 Å². The molecule has 0 fully saturated rings. The lowest BCUT2D eigenvalue weighted by Crippen LogP contribution is -2.46. The predicted molar refractivity (Wildman–Crippen MR) is 103 cm³/mol. The van der Waals surface area contributed by atoms with E-state index in [0.29, 0.717) is 11.4 Å². The SMILES string of the molecule is Cn1ccnc1C(O)(CC(=O)Nc1ncc(Cc2cccc(Cl)c2)s1)C(F)(F)F. The first-order valence-electron chi connectivity index (χ1n) is 8.34. The van der Waals surface area contributed by atoms with Crippen molar-refractivity contribution in [1.82, 2.24) is 14.5 Å². The van der Waals surface area contributed by atoms with Gasteiger partial charge in [0.15, 0.2) is 11.0 Å². The highest BCUT2D eigenvalue weighted by Crippen LogP contribution is 2.41. The molecule has 0 saturated carbocycles. The number of benzene rings is 1. The van der Waals surface area contributed by atoms with Gasteiger partial charge in [-0.3, -0.25) is 4.79 Å². The van der Waals surface area contributed by atoms with E-state index in [1.165, 1.54) is 19.4 Å². The number of carbonyl (C=O) groups is 1. The lowest BCUT2D eigenvalue weighted by atomic mass is 9.97. The van der Waals surface area contributed by atoms with Gasteiger partial charge in [0.25, 0.3) is 0 Å². The van der Waals surface area contributed by atoms with E-state index >= 15 is 0 Å². The van der Waals surface area contributed by atoms with Crippen molar-refractivity contribution in [2.24, 2.45) is 7.05 Å². The Morgan fingerprint density at radius 2 is 2.10 bits per heavy atom. The third kappa shape index (κ3) is 4.77. The Labute approximate surface area is 173 Å². The van der Waals surface area contributed by atoms with Gasteiger partial charge < -0.3 is 15.0 Å². The summed E-state index contributed by atoms with van der Waals surface area (Å²) in [4.78, 5) is 20.6. The third-order valence-electron chi connectivity index (χ3n) is 4.14. The lowest BCUT2D eigenvalue weighted by Gasteiger charge is -2.29. The molecule has 1 atom stereocenters. The number of halogens is 4. The fourth-order valence-electron chi connectivity index (χ4n) is 2.76. The summed E-state index contributed by atoms with van der Waals surface area (Å²) in [6.07, 6.45) is -1.93. The smallest absolute Gasteiger partial charge is 0.374 e. The van der Waals surface area contributed by atoms with Gasteiger partial charge in [-0.1, -0.05) is 23.7 Å². The van der Waals surface area contributed by atoms with Gasteiger partial charge in [0.1, 0.15) is 0 Å². The third-order valence-corrected chi connectivity index (χ3v) is 5.29. The highest BCUT2D eigenvalue weighted by Gasteiger charge is 2.58. The number of nitrogens with zero attached hydrogens (tertiary/aromatic N) is 3. The molecule has 0 aliphatic heterocycles. The van der Waals surface area contributed by atoms with Crippen LogP contribution in [0.1, 0.15) is 22.7 Å². The van der Waals surface area contributed by atoms with E-state index < -0.39 is 29.9 Å². The second kappa shape index (κ2) is 8.13. The quantitative estimate of drug-likeness (QED) is 0.604. The molecule has 0 spiro atoms. The molecule has 1 amide bonds. The molecule has 3 aromatic rings. The maximum absolute atomic E-state index is 13.5. The summed E-state index contributed by atoms with van der Waals surface area (Å²) in [5.74, 6) is -1.70. The molecule has 6 nitrogen and oxygen atoms in total. The van der Waals surface area contributed by atoms with E-state index in [0.717, 1.165) is 32.5 Å². The minimum Gasteiger partial charge on any atom is -0.374 e. The molecule has 2 N–H and O–H groups in total. The molecule has 29 heavy (non-hydrogen) atoms. The maximum atomic E-state index is 13.5. The summed E-state index contributed by atoms with van der Waals surface area (Å²) in [5.41, 5.74) is -2.49. The van der Waals surface area contributed by atoms with Crippen LogP contribution < -0.4 is 5.32 Å². The topological polar surface area (TPSA) is 80.0 Å². The van der Waals surface area contributed by atoms with Crippen molar-refractivity contribution in [1.29, 1.82) is 0 Å². The zero-order valence-corrected chi connectivity index (χ0v) is 16.6. The summed E-state index contributed by atoms with van der Waals surface area (Å²) in [6.45, 7) is 0. The van der Waals surface area contributed by atoms with Gasteiger partial charge in [-0.05, 0) is 17.7 Å². The van der Waals surface area contributed by atoms with Gasteiger partial charge in [0, 0.05) is 42.0 Å². The van der Waals surface area contributed by atoms with Crippen LogP contribution in [0.3, 0.4) is 0 Å². The highest BCUT2D eigenvalue weighted by molar-refractivity contribution is 7.15. The van der Waals surface area contributed by atoms with Gasteiger partial charge in [-0.15, -0.1) is 11.3 Å². The second-order valence-corrected chi connectivity index (χ2v) is 7.93. The van der Waals surface area contributed by atoms with Gasteiger partial charge in [-0.25, -0.2) is 9.97 Å². The summed E-state index contributed by atoms with van der Waals surface area (Å²) in [5, 5.41) is 13.3. The Hall–Kier alpha value is -2.43. The number of carbonyl (C=O) groups excluding carboxylic acids is 1. The molecular weight excluding hydrogens is 429 g/mol. The fourth-order valence-corrected chi connectivity index (χ4v) is 3.84. The van der Waals surface area contributed by atoms with Crippen molar-refractivity contribution in [2.45, 2.75) is 24.6 Å². The van der Waals surface area contributed by atoms with Crippen molar-refractivity contribution in [3.05, 3.63) is 64.1 Å². The molecule has 0 aliphatic carbocycles. The van der Waals surface area contributed by atoms with Crippen LogP contribution in [0.15, 0.2) is 42.9 Å². The summed E-state index contributed by atoms with van der Waals surface area (Å²) >= 11 is 7.07. The molecule has 0 bridgehead atoms. The Kier molecular flexibility index (Phi) is 5.97. The summed E-state index contributed by atoms with van der Waals surface area (Å²) < 4.78 is 41.6. The minimum atomic E-state index is -5.09. The van der Waals surface area contributed by atoms with Crippen LogP contribution in [-0.4, -0.2) is 31.7 Å². The largest absolute Gasteiger partial charge is 0.425 e. The molecule has 0 aliphatic rings. The molecule has 1 aromatic carbocycles. The van der Waals surface area contributed by atoms with Gasteiger partial charge in [0.2, 0.25) is 11.5 Å². The van der Waals surface area contributed by atoms with E-state index in [4.69, 9.17) is 11.6 Å². The average molecular weight is 445 g/mol. The zero-order valence-electron chi connectivity index (χ0n) is 15.1. The molecule has 2 heterocycles. The van der Waals surface area contributed by atoms with Crippen LogP contribution in [0.5, 0.6) is 0 Å². The van der Waals surface area contributed by atoms with Crippen molar-refractivity contribution in [2.75, 3.05) is 5.32 Å². The Bertz CT molecular complexity index is 1020. The Morgan fingerprint density at radius 3 is 2.72 bits per heavy atom. The first kappa shape index (κ1) is 21.3. The number of hydrogen-bond acceptors (Lipinski definition) is 5. The number of hydrogen-bond donors (Lipinski definition) is 2. The standard InChI is InChI=1S/C18H16ClF3N4O2S/c1-26-6-5-23-15(26)17(28,18(20,21)22)9-14(27)25-16-24-10-13(29-16)8-11-3-2-4-12(19)7-11/h2-7,10,28H,8-9H2,1H3,(H,24,25,27). The number of alkyl halides is 3. The first-order chi connectivity index (χ1) is 13.6. The van der Waals surface area contributed by atoms with Gasteiger partial charge in [0.05, 0.1) is 6.42 Å². The molecule has 0 radical (unpaired) electrons. The summed E-state index contributed by atoms with van der Waals surface area (Å²) in [6, 6.07) is 7.21. The van der Waals surface area contributed by atoms with E-state index in [1.807, 2.05) is 6.07 Å². The van der Waals surface area contributed by atoms with Crippen molar-refractivity contribution in [3.8, 4) is 0 Å². The van der Waals surface area contributed by atoms with Crippen LogP contribution in [-0.2, 0) is 23.9 Å². The number of thiazole rings is 1. The predicted octanol–water partition coefficient (Wildman–Crippen LogP) is 3.90. The molecular formula is C18H16ClF3N4O2S. The fraction of sp³-hybridized carbons (Fsp3) is 0.278. The Balaban J connectivity index is 1.71. The summed E-state index contributed by atoms with van der Waals surface area (Å²) in [7, 11) is 1.31. The molecule has 154 valence electrons. The van der Waals surface area contributed by atoms with Crippen LogP contribution >= 0.6 is 22.9 Å².